The number of rotatable bonds is 6. The van der Waals surface area contributed by atoms with Gasteiger partial charge < -0.3 is 14.6 Å². The summed E-state index contributed by atoms with van der Waals surface area (Å²) < 4.78 is 10.4. The fourth-order valence-corrected chi connectivity index (χ4v) is 5.14. The van der Waals surface area contributed by atoms with Gasteiger partial charge in [0.1, 0.15) is 16.4 Å². The molecule has 9 heteroatoms. The SMILES string of the molecule is CCOc1ccc(/C(O)=C2\C(=O)C(=O)N(c3nc(C)c(C(=O)OC)s3)C2c2ccc(C)cc2)cc1C. The van der Waals surface area contributed by atoms with Crippen LogP contribution in [0.15, 0.2) is 48.0 Å². The van der Waals surface area contributed by atoms with E-state index in [2.05, 4.69) is 4.98 Å². The molecule has 1 aliphatic heterocycles. The molecular formula is C27H26N2O6S. The van der Waals surface area contributed by atoms with Crippen LogP contribution in [0.1, 0.15) is 50.6 Å². The van der Waals surface area contributed by atoms with Crippen LogP contribution in [-0.2, 0) is 14.3 Å². The summed E-state index contributed by atoms with van der Waals surface area (Å²) in [7, 11) is 1.26. The molecule has 0 saturated carbocycles. The Bertz CT molecular complexity index is 1390. The lowest BCUT2D eigenvalue weighted by molar-refractivity contribution is -0.132. The highest BCUT2D eigenvalue weighted by Gasteiger charge is 2.48. The molecule has 1 fully saturated rings. The fraction of sp³-hybridized carbons (Fsp3) is 0.259. The van der Waals surface area contributed by atoms with Crippen molar-refractivity contribution in [3.63, 3.8) is 0 Å². The van der Waals surface area contributed by atoms with E-state index in [-0.39, 0.29) is 21.3 Å². The molecule has 36 heavy (non-hydrogen) atoms. The van der Waals surface area contributed by atoms with E-state index in [1.54, 1.807) is 37.3 Å². The number of thiazole rings is 1. The van der Waals surface area contributed by atoms with E-state index in [1.807, 2.05) is 32.9 Å². The van der Waals surface area contributed by atoms with Crippen molar-refractivity contribution < 1.29 is 29.0 Å². The number of aliphatic hydroxyl groups excluding tert-OH is 1. The highest BCUT2D eigenvalue weighted by atomic mass is 32.1. The van der Waals surface area contributed by atoms with E-state index < -0.39 is 23.7 Å². The maximum absolute atomic E-state index is 13.3. The Hall–Kier alpha value is -3.98. The monoisotopic (exact) mass is 506 g/mol. The largest absolute Gasteiger partial charge is 0.507 e. The van der Waals surface area contributed by atoms with Crippen LogP contribution in [-0.4, -0.2) is 41.5 Å². The molecule has 2 heterocycles. The number of aliphatic hydroxyl groups is 1. The standard InChI is InChI=1S/C27H26N2O6S/c1-6-35-19-12-11-18(13-15(19)3)22(30)20-21(17-9-7-14(2)8-10-17)29(25(32)23(20)31)27-28-16(4)24(36-27)26(33)34-5/h7-13,21,30H,6H2,1-5H3/b22-20+. The second-order valence-electron chi connectivity index (χ2n) is 8.40. The average Bonchev–Trinajstić information content (AvgIpc) is 3.36. The second-order valence-corrected chi connectivity index (χ2v) is 9.37. The number of methoxy groups -OCH3 is 1. The zero-order valence-corrected chi connectivity index (χ0v) is 21.4. The van der Waals surface area contributed by atoms with Crippen LogP contribution >= 0.6 is 11.3 Å². The van der Waals surface area contributed by atoms with Gasteiger partial charge in [0.05, 0.1) is 31.0 Å². The van der Waals surface area contributed by atoms with E-state index in [1.165, 1.54) is 12.0 Å². The number of hydrogen-bond acceptors (Lipinski definition) is 8. The molecule has 1 atom stereocenters. The molecule has 1 unspecified atom stereocenters. The highest BCUT2D eigenvalue weighted by Crippen LogP contribution is 2.44. The van der Waals surface area contributed by atoms with Gasteiger partial charge in [0.15, 0.2) is 5.13 Å². The van der Waals surface area contributed by atoms with Crippen molar-refractivity contribution in [1.82, 2.24) is 4.98 Å². The number of hydrogen-bond donors (Lipinski definition) is 1. The third-order valence-corrected chi connectivity index (χ3v) is 7.08. The summed E-state index contributed by atoms with van der Waals surface area (Å²) in [6.07, 6.45) is 0. The Morgan fingerprint density at radius 2 is 1.81 bits per heavy atom. The lowest BCUT2D eigenvalue weighted by Crippen LogP contribution is -2.29. The van der Waals surface area contributed by atoms with Crippen LogP contribution in [0.5, 0.6) is 5.75 Å². The molecule has 1 aromatic heterocycles. The molecule has 0 spiro atoms. The molecule has 0 aliphatic carbocycles. The summed E-state index contributed by atoms with van der Waals surface area (Å²) in [6, 6.07) is 11.5. The van der Waals surface area contributed by atoms with Crippen LogP contribution in [0.2, 0.25) is 0 Å². The summed E-state index contributed by atoms with van der Waals surface area (Å²) in [5.74, 6) is -1.89. The van der Waals surface area contributed by atoms with Crippen molar-refractivity contribution in [2.75, 3.05) is 18.6 Å². The van der Waals surface area contributed by atoms with Gasteiger partial charge in [0, 0.05) is 5.56 Å². The van der Waals surface area contributed by atoms with E-state index in [4.69, 9.17) is 9.47 Å². The maximum atomic E-state index is 13.3. The summed E-state index contributed by atoms with van der Waals surface area (Å²) in [5.41, 5.74) is 3.11. The minimum Gasteiger partial charge on any atom is -0.507 e. The molecule has 186 valence electrons. The number of benzene rings is 2. The first-order chi connectivity index (χ1) is 17.2. The van der Waals surface area contributed by atoms with Crippen molar-refractivity contribution in [3.05, 3.63) is 80.9 Å². The van der Waals surface area contributed by atoms with Crippen molar-refractivity contribution in [2.45, 2.75) is 33.7 Å². The highest BCUT2D eigenvalue weighted by molar-refractivity contribution is 7.17. The molecule has 8 nitrogen and oxygen atoms in total. The number of aromatic nitrogens is 1. The Balaban J connectivity index is 1.91. The number of ketones is 1. The van der Waals surface area contributed by atoms with Gasteiger partial charge in [-0.05, 0) is 57.0 Å². The third kappa shape index (κ3) is 4.37. The number of nitrogens with zero attached hydrogens (tertiary/aromatic N) is 2. The van der Waals surface area contributed by atoms with E-state index >= 15 is 0 Å². The molecule has 2 aromatic carbocycles. The van der Waals surface area contributed by atoms with Crippen LogP contribution in [0, 0.1) is 20.8 Å². The number of Topliss-reactive ketones (excluding diaryl/α,β-unsaturated/α-hetero) is 1. The summed E-state index contributed by atoms with van der Waals surface area (Å²) >= 11 is 0.963. The van der Waals surface area contributed by atoms with Gasteiger partial charge in [-0.25, -0.2) is 9.78 Å². The number of ether oxygens (including phenoxy) is 2. The van der Waals surface area contributed by atoms with E-state index in [0.717, 1.165) is 22.5 Å². The van der Waals surface area contributed by atoms with Crippen molar-refractivity contribution in [3.8, 4) is 5.75 Å². The quantitative estimate of drug-likeness (QED) is 0.220. The zero-order chi connectivity index (χ0) is 26.1. The first kappa shape index (κ1) is 25.1. The molecule has 1 N–H and O–H groups in total. The molecule has 1 amide bonds. The molecular weight excluding hydrogens is 480 g/mol. The molecule has 1 saturated heterocycles. The number of esters is 1. The number of aryl methyl sites for hydroxylation is 3. The van der Waals surface area contributed by atoms with E-state index in [9.17, 15) is 19.5 Å². The average molecular weight is 507 g/mol. The Labute approximate surface area is 212 Å². The van der Waals surface area contributed by atoms with Crippen LogP contribution < -0.4 is 9.64 Å². The lowest BCUT2D eigenvalue weighted by Gasteiger charge is -2.23. The van der Waals surface area contributed by atoms with Gasteiger partial charge in [-0.3, -0.25) is 14.5 Å². The van der Waals surface area contributed by atoms with Gasteiger partial charge in [-0.2, -0.15) is 0 Å². The van der Waals surface area contributed by atoms with Crippen LogP contribution in [0.25, 0.3) is 5.76 Å². The van der Waals surface area contributed by atoms with Crippen molar-refractivity contribution >= 4 is 39.9 Å². The minimum absolute atomic E-state index is 0.0557. The first-order valence-electron chi connectivity index (χ1n) is 11.3. The molecule has 4 rings (SSSR count). The molecule has 0 radical (unpaired) electrons. The maximum Gasteiger partial charge on any atom is 0.350 e. The van der Waals surface area contributed by atoms with E-state index in [0.29, 0.717) is 29.2 Å². The van der Waals surface area contributed by atoms with Crippen LogP contribution in [0.3, 0.4) is 0 Å². The summed E-state index contributed by atoms with van der Waals surface area (Å²) in [5, 5.41) is 11.5. The molecule has 1 aliphatic rings. The predicted octanol–water partition coefficient (Wildman–Crippen LogP) is 4.88. The number of carbonyl (C=O) groups is 3. The molecule has 3 aromatic rings. The summed E-state index contributed by atoms with van der Waals surface area (Å²) in [4.78, 5) is 44.7. The van der Waals surface area contributed by atoms with Gasteiger partial charge >= 0.3 is 11.9 Å². The van der Waals surface area contributed by atoms with Gasteiger partial charge in [-0.15, -0.1) is 0 Å². The lowest BCUT2D eigenvalue weighted by atomic mass is 9.94. The number of anilines is 1. The number of amides is 1. The van der Waals surface area contributed by atoms with Gasteiger partial charge in [0.25, 0.3) is 5.78 Å². The summed E-state index contributed by atoms with van der Waals surface area (Å²) in [6.45, 7) is 7.76. The Morgan fingerprint density at radius 1 is 1.11 bits per heavy atom. The topological polar surface area (TPSA) is 106 Å². The minimum atomic E-state index is -0.937. The van der Waals surface area contributed by atoms with Gasteiger partial charge in [-0.1, -0.05) is 41.2 Å². The normalized spacial score (nSPS) is 16.9. The van der Waals surface area contributed by atoms with Crippen molar-refractivity contribution in [1.29, 1.82) is 0 Å². The number of carbonyl (C=O) groups excluding carboxylic acids is 3. The molecule has 0 bridgehead atoms. The first-order valence-corrected chi connectivity index (χ1v) is 12.2. The second kappa shape index (κ2) is 9.94. The smallest absolute Gasteiger partial charge is 0.350 e. The van der Waals surface area contributed by atoms with Crippen LogP contribution in [0.4, 0.5) is 5.13 Å². The third-order valence-electron chi connectivity index (χ3n) is 5.95. The van der Waals surface area contributed by atoms with Gasteiger partial charge in [0.2, 0.25) is 0 Å². The van der Waals surface area contributed by atoms with Crippen molar-refractivity contribution in [2.24, 2.45) is 0 Å². The zero-order valence-electron chi connectivity index (χ0n) is 20.6. The predicted molar refractivity (Wildman–Crippen MR) is 137 cm³/mol. The Kier molecular flexibility index (Phi) is 6.94. The fourth-order valence-electron chi connectivity index (χ4n) is 4.13. The Morgan fingerprint density at radius 3 is 2.42 bits per heavy atom.